The Morgan fingerprint density at radius 3 is 1.53 bits per heavy atom. The molecule has 5 nitrogen and oxygen atoms in total. The van der Waals surface area contributed by atoms with Crippen LogP contribution in [-0.4, -0.2) is 20.5 Å². The fraction of sp³-hybridized carbons (Fsp3) is 0.370. The molecule has 0 radical (unpaired) electrons. The number of rotatable bonds is 9. The predicted molar refractivity (Wildman–Crippen MR) is 217 cm³/mol. The van der Waals surface area contributed by atoms with Gasteiger partial charge in [0.2, 0.25) is 0 Å². The topological polar surface area (TPSA) is 46.3 Å². The average Bonchev–Trinajstić information content (AvgIpc) is 3.63. The number of para-hydroxylation sites is 1. The zero-order valence-corrected chi connectivity index (χ0v) is 33.4. The number of amidine groups is 1. The van der Waals surface area contributed by atoms with Gasteiger partial charge in [0.15, 0.2) is 5.82 Å². The summed E-state index contributed by atoms with van der Waals surface area (Å²) in [7, 11) is 0. The number of hydrogen-bond donors (Lipinski definition) is 0. The maximum Gasteiger partial charge on any atom is 0.416 e. The van der Waals surface area contributed by atoms with Crippen LogP contribution < -0.4 is 4.90 Å². The number of alkyl halides is 6. The van der Waals surface area contributed by atoms with Crippen molar-refractivity contribution in [1.82, 2.24) is 14.6 Å². The quantitative estimate of drug-likeness (QED) is 0.137. The number of benzene rings is 4. The fourth-order valence-corrected chi connectivity index (χ4v) is 8.36. The van der Waals surface area contributed by atoms with Gasteiger partial charge in [0, 0.05) is 23.2 Å². The summed E-state index contributed by atoms with van der Waals surface area (Å²) in [6.45, 7) is 17.2. The minimum atomic E-state index is -4.71. The Bertz CT molecular complexity index is 2360. The zero-order chi connectivity index (χ0) is 41.1. The molecule has 0 saturated carbocycles. The molecule has 4 aromatic carbocycles. The molecule has 11 heteroatoms. The van der Waals surface area contributed by atoms with Crippen LogP contribution in [0.4, 0.5) is 37.8 Å². The molecule has 1 unspecified atom stereocenters. The highest BCUT2D eigenvalue weighted by atomic mass is 19.4. The van der Waals surface area contributed by atoms with E-state index >= 15 is 0 Å². The van der Waals surface area contributed by atoms with Crippen molar-refractivity contribution in [3.8, 4) is 0 Å². The van der Waals surface area contributed by atoms with Gasteiger partial charge in [-0.25, -0.2) is 9.66 Å². The summed E-state index contributed by atoms with van der Waals surface area (Å²) in [6, 6.07) is 19.0. The van der Waals surface area contributed by atoms with Gasteiger partial charge in [-0.1, -0.05) is 91.8 Å². The minimum absolute atomic E-state index is 0.0167. The van der Waals surface area contributed by atoms with Gasteiger partial charge in [0.25, 0.3) is 0 Å². The van der Waals surface area contributed by atoms with Crippen LogP contribution in [0.25, 0.3) is 21.8 Å². The lowest BCUT2D eigenvalue weighted by Crippen LogP contribution is -2.28. The van der Waals surface area contributed by atoms with E-state index in [-0.39, 0.29) is 45.5 Å². The van der Waals surface area contributed by atoms with Crippen molar-refractivity contribution in [1.29, 1.82) is 0 Å². The monoisotopic (exact) mass is 783 g/mol. The number of anilines is 2. The van der Waals surface area contributed by atoms with Gasteiger partial charge in [-0.05, 0) is 101 Å². The third-order valence-electron chi connectivity index (χ3n) is 11.1. The first-order valence-electron chi connectivity index (χ1n) is 19.5. The summed E-state index contributed by atoms with van der Waals surface area (Å²) in [5.74, 6) is 1.40. The van der Waals surface area contributed by atoms with E-state index in [9.17, 15) is 26.3 Å². The first kappa shape index (κ1) is 40.0. The molecule has 0 amide bonds. The second-order valence-corrected chi connectivity index (χ2v) is 16.2. The Balaban J connectivity index is 1.55. The molecule has 1 atom stereocenters. The van der Waals surface area contributed by atoms with Gasteiger partial charge < -0.3 is 0 Å². The second kappa shape index (κ2) is 15.0. The largest absolute Gasteiger partial charge is 0.416 e. The maximum absolute atomic E-state index is 14.1. The van der Waals surface area contributed by atoms with E-state index < -0.39 is 29.4 Å². The minimum Gasteiger partial charge on any atom is -0.278 e. The molecule has 1 aliphatic rings. The number of aromatic nitrogens is 3. The molecule has 57 heavy (non-hydrogen) atoms. The Hall–Kier alpha value is -5.19. The maximum atomic E-state index is 14.1. The Labute approximate surface area is 329 Å². The normalized spacial score (nSPS) is 15.8. The van der Waals surface area contributed by atoms with Gasteiger partial charge in [-0.15, -0.1) is 0 Å². The standard InChI is InChI=1S/C46H47F6N5/c1-25(2)31-11-9-12-32(26(3)4)35(31)17-18-36-41-44(54-22-21-53-41)56(42-33(27(5)6)13-10-14-34(42)28(7)8)43(36)55-57-39-19-15-29(45(47,48)49)23-37(39)38-24-30(46(50,51)52)16-20-40(38)57/h9-16,19-28,36H,17-18H2,1-8H3/b55-43-. The van der Waals surface area contributed by atoms with E-state index in [0.717, 1.165) is 41.1 Å². The van der Waals surface area contributed by atoms with E-state index in [2.05, 4.69) is 85.7 Å². The van der Waals surface area contributed by atoms with Crippen LogP contribution in [0.1, 0.15) is 136 Å². The van der Waals surface area contributed by atoms with Crippen LogP contribution in [0.5, 0.6) is 0 Å². The fourth-order valence-electron chi connectivity index (χ4n) is 8.36. The molecule has 0 aliphatic carbocycles. The van der Waals surface area contributed by atoms with Crippen molar-refractivity contribution in [2.45, 2.75) is 110 Å². The third-order valence-corrected chi connectivity index (χ3v) is 11.1. The van der Waals surface area contributed by atoms with Crippen molar-refractivity contribution in [2.75, 3.05) is 4.90 Å². The SMILES string of the molecule is CC(C)c1cccc(C(C)C)c1CCC1/C(=N/n2c3ccc(C(F)(F)F)cc3c3cc(C(F)(F)F)ccc32)N(c2c(C(C)C)cccc2C(C)C)c2nccnc21. The summed E-state index contributed by atoms with van der Waals surface area (Å²) < 4.78 is 86.2. The summed E-state index contributed by atoms with van der Waals surface area (Å²) in [5, 5.41) is 5.39. The third kappa shape index (κ3) is 7.30. The van der Waals surface area contributed by atoms with Crippen LogP contribution in [0, 0.1) is 0 Å². The summed E-state index contributed by atoms with van der Waals surface area (Å²) in [4.78, 5) is 11.9. The lowest BCUT2D eigenvalue weighted by Gasteiger charge is -2.29. The van der Waals surface area contributed by atoms with Gasteiger partial charge in [0.05, 0.1) is 39.5 Å². The molecular formula is C46H47F6N5. The summed E-state index contributed by atoms with van der Waals surface area (Å²) >= 11 is 0. The lowest BCUT2D eigenvalue weighted by atomic mass is 9.84. The molecule has 7 rings (SSSR count). The van der Waals surface area contributed by atoms with Crippen molar-refractivity contribution < 1.29 is 26.3 Å². The molecule has 2 aromatic heterocycles. The van der Waals surface area contributed by atoms with Gasteiger partial charge >= 0.3 is 12.4 Å². The number of fused-ring (bicyclic) bond motifs is 4. The van der Waals surface area contributed by atoms with E-state index in [0.29, 0.717) is 30.2 Å². The van der Waals surface area contributed by atoms with Crippen molar-refractivity contribution in [2.24, 2.45) is 5.10 Å². The van der Waals surface area contributed by atoms with E-state index in [1.807, 2.05) is 11.0 Å². The van der Waals surface area contributed by atoms with Gasteiger partial charge in [-0.3, -0.25) is 9.88 Å². The van der Waals surface area contributed by atoms with E-state index in [1.165, 1.54) is 33.5 Å². The molecule has 0 fully saturated rings. The first-order chi connectivity index (χ1) is 26.9. The average molecular weight is 784 g/mol. The highest BCUT2D eigenvalue weighted by molar-refractivity contribution is 6.14. The molecule has 6 aromatic rings. The molecule has 1 aliphatic heterocycles. The highest BCUT2D eigenvalue weighted by Crippen LogP contribution is 2.48. The molecule has 0 N–H and O–H groups in total. The Morgan fingerprint density at radius 2 is 1.07 bits per heavy atom. The van der Waals surface area contributed by atoms with Gasteiger partial charge in [-0.2, -0.15) is 31.4 Å². The predicted octanol–water partition coefficient (Wildman–Crippen LogP) is 13.8. The van der Waals surface area contributed by atoms with E-state index in [1.54, 1.807) is 12.4 Å². The number of halogens is 6. The second-order valence-electron chi connectivity index (χ2n) is 16.2. The summed E-state index contributed by atoms with van der Waals surface area (Å²) in [6.07, 6.45) is -4.88. The van der Waals surface area contributed by atoms with Gasteiger partial charge in [0.1, 0.15) is 5.84 Å². The molecular weight excluding hydrogens is 737 g/mol. The van der Waals surface area contributed by atoms with Crippen LogP contribution in [0.3, 0.4) is 0 Å². The summed E-state index contributed by atoms with van der Waals surface area (Å²) in [5.41, 5.74) is 6.03. The number of hydrogen-bond acceptors (Lipinski definition) is 3. The van der Waals surface area contributed by atoms with Crippen molar-refractivity contribution >= 4 is 39.1 Å². The first-order valence-corrected chi connectivity index (χ1v) is 19.5. The smallest absolute Gasteiger partial charge is 0.278 e. The number of nitrogens with zero attached hydrogens (tertiary/aromatic N) is 5. The van der Waals surface area contributed by atoms with Crippen LogP contribution in [0.2, 0.25) is 0 Å². The van der Waals surface area contributed by atoms with Crippen molar-refractivity contribution in [3.05, 3.63) is 130 Å². The molecule has 0 spiro atoms. The lowest BCUT2D eigenvalue weighted by molar-refractivity contribution is -0.138. The zero-order valence-electron chi connectivity index (χ0n) is 33.4. The molecule has 0 saturated heterocycles. The highest BCUT2D eigenvalue weighted by Gasteiger charge is 2.42. The van der Waals surface area contributed by atoms with Crippen LogP contribution >= 0.6 is 0 Å². The molecule has 298 valence electrons. The Morgan fingerprint density at radius 1 is 0.614 bits per heavy atom. The van der Waals surface area contributed by atoms with Crippen LogP contribution in [-0.2, 0) is 18.8 Å². The van der Waals surface area contributed by atoms with E-state index in [4.69, 9.17) is 15.1 Å². The van der Waals surface area contributed by atoms with Crippen molar-refractivity contribution in [3.63, 3.8) is 0 Å². The Kier molecular flexibility index (Phi) is 10.5. The molecule has 3 heterocycles. The van der Waals surface area contributed by atoms with Crippen LogP contribution in [0.15, 0.2) is 90.3 Å². The molecule has 0 bridgehead atoms.